The van der Waals surface area contributed by atoms with Crippen LogP contribution in [0.3, 0.4) is 0 Å². The van der Waals surface area contributed by atoms with E-state index in [0.29, 0.717) is 73.1 Å². The van der Waals surface area contributed by atoms with E-state index in [4.69, 9.17) is 23.7 Å². The molecule has 2 amide bonds. The highest BCUT2D eigenvalue weighted by Crippen LogP contribution is 2.37. The molecule has 4 atom stereocenters. The van der Waals surface area contributed by atoms with Crippen molar-refractivity contribution in [3.63, 3.8) is 0 Å². The highest BCUT2D eigenvalue weighted by Gasteiger charge is 2.42. The van der Waals surface area contributed by atoms with Crippen molar-refractivity contribution < 1.29 is 57.6 Å². The van der Waals surface area contributed by atoms with Crippen LogP contribution in [0.15, 0.2) is 143 Å². The Morgan fingerprint density at radius 3 is 1.19 bits per heavy atom. The number of halogens is 1. The molecule has 0 spiro atoms. The fourth-order valence-electron chi connectivity index (χ4n) is 10.8. The van der Waals surface area contributed by atoms with Gasteiger partial charge in [-0.3, -0.25) is 9.59 Å². The van der Waals surface area contributed by atoms with E-state index in [2.05, 4.69) is 48.6 Å². The zero-order valence-electron chi connectivity index (χ0n) is 53.8. The normalized spacial score (nSPS) is 16.4. The Labute approximate surface area is 548 Å². The topological polar surface area (TPSA) is 175 Å². The molecule has 2 aliphatic rings. The Morgan fingerprint density at radius 2 is 0.876 bits per heavy atom. The fraction of sp³-hybridized carbons (Fsp3) is 0.417. The molecule has 6 aromatic rings. The Balaban J connectivity index is 0.000000268. The zero-order valence-corrected chi connectivity index (χ0v) is 57.6. The largest absolute Gasteiger partial charge is 0.478 e. The SMILES string of the molecule is CC(C)I.CSc1ccc(C(=O)[C@H]2CN(C(=O)Oc3ccccc3)C[C@@H]2CCc2cc(C)c(OC(C)(C)C(=O)O)c(C)c2)cc1.CSc1ccc(C(=O)[C@H]2CN(C(=O)Oc3ccccc3)C[C@@H]2CCc2cc(C)c(OC(C)(C)C(=O)OC(C)C)c(C)c2)cc1. The first-order valence-electron chi connectivity index (χ1n) is 30.2. The van der Waals surface area contributed by atoms with Crippen molar-refractivity contribution in [1.82, 2.24) is 9.80 Å². The number of carbonyl (C=O) groups excluding carboxylic acids is 5. The van der Waals surface area contributed by atoms with E-state index >= 15 is 0 Å². The van der Waals surface area contributed by atoms with Gasteiger partial charge < -0.3 is 38.6 Å². The molecule has 2 fully saturated rings. The Kier molecular flexibility index (Phi) is 26.2. The van der Waals surface area contributed by atoms with Crippen molar-refractivity contribution in [3.8, 4) is 23.0 Å². The van der Waals surface area contributed by atoms with Gasteiger partial charge in [0.25, 0.3) is 0 Å². The number of hydrogen-bond acceptors (Lipinski definition) is 13. The monoisotopic (exact) mass is 1360 g/mol. The maximum atomic E-state index is 13.8. The Hall–Kier alpha value is -6.83. The van der Waals surface area contributed by atoms with Crippen LogP contribution in [0.5, 0.6) is 23.0 Å². The first kappa shape index (κ1) is 71.2. The molecule has 2 aliphatic heterocycles. The summed E-state index contributed by atoms with van der Waals surface area (Å²) in [4.78, 5) is 83.3. The van der Waals surface area contributed by atoms with E-state index in [0.717, 1.165) is 59.9 Å². The summed E-state index contributed by atoms with van der Waals surface area (Å²) in [6.45, 7) is 23.7. The van der Waals surface area contributed by atoms with Crippen molar-refractivity contribution in [2.24, 2.45) is 23.7 Å². The van der Waals surface area contributed by atoms with E-state index in [1.807, 2.05) is 151 Å². The molecule has 0 saturated carbocycles. The standard InChI is InChI=1S/C36H43NO6S.C33H37NO6S.C3H7I/c1-23(2)41-34(39)36(5,6)43-33-24(3)19-26(20-25(33)4)13-14-28-21-37(35(40)42-29-11-9-8-10-12-29)22-31(28)32(38)27-15-17-30(44-7)18-16-27;1-21-17-23(18-22(2)30(21)40-33(3,4)31(36)37)11-12-25-19-34(32(38)39-26-9-7-6-8-10-26)20-28(25)29(35)24-13-15-27(41-5)16-14-24;1-3(2)4/h8-12,15-20,23,28,31H,13-14,21-22H2,1-7H3;6-10,13-18,25,28H,11-12,19-20H2,1-5H3,(H,36,37);3H,1-2H3/t28-,31-;25-,28-;/m00./s1. The van der Waals surface area contributed by atoms with Crippen molar-refractivity contribution in [3.05, 3.63) is 178 Å². The average Bonchev–Trinajstić information content (AvgIpc) is 2.31. The van der Waals surface area contributed by atoms with Crippen LogP contribution in [-0.2, 0) is 27.2 Å². The fourth-order valence-corrected chi connectivity index (χ4v) is 11.6. The summed E-state index contributed by atoms with van der Waals surface area (Å²) in [6.07, 6.45) is 5.72. The van der Waals surface area contributed by atoms with Gasteiger partial charge in [-0.05, 0) is 201 Å². The summed E-state index contributed by atoms with van der Waals surface area (Å²) in [6, 6.07) is 41.4. The first-order chi connectivity index (χ1) is 42.1. The van der Waals surface area contributed by atoms with Crippen molar-refractivity contribution in [1.29, 1.82) is 0 Å². The number of carboxylic acid groups (broad SMARTS) is 1. The second-order valence-corrected chi connectivity index (χ2v) is 28.5. The number of esters is 1. The highest BCUT2D eigenvalue weighted by molar-refractivity contribution is 14.1. The van der Waals surface area contributed by atoms with Crippen LogP contribution in [0.25, 0.3) is 0 Å². The number of aryl methyl sites for hydroxylation is 6. The number of alkyl halides is 1. The van der Waals surface area contributed by atoms with Gasteiger partial charge in [0, 0.05) is 62.9 Å². The number of carboxylic acids is 1. The number of amides is 2. The third kappa shape index (κ3) is 20.6. The van der Waals surface area contributed by atoms with Gasteiger partial charge in [-0.2, -0.15) is 0 Å². The zero-order chi connectivity index (χ0) is 65.3. The molecule has 17 heteroatoms. The summed E-state index contributed by atoms with van der Waals surface area (Å²) < 4.78 is 29.4. The second-order valence-electron chi connectivity index (χ2n) is 24.3. The highest BCUT2D eigenvalue weighted by atomic mass is 127. The van der Waals surface area contributed by atoms with Gasteiger partial charge in [-0.25, -0.2) is 19.2 Å². The number of benzene rings is 6. The first-order valence-corrected chi connectivity index (χ1v) is 33.9. The molecule has 89 heavy (non-hydrogen) atoms. The number of thioether (sulfide) groups is 2. The van der Waals surface area contributed by atoms with Crippen LogP contribution < -0.4 is 18.9 Å². The predicted molar refractivity (Wildman–Crippen MR) is 363 cm³/mol. The van der Waals surface area contributed by atoms with Crippen molar-refractivity contribution in [2.45, 2.75) is 140 Å². The molecular weight excluding hydrogens is 1280 g/mol. The van der Waals surface area contributed by atoms with Crippen LogP contribution in [0.2, 0.25) is 0 Å². The van der Waals surface area contributed by atoms with Crippen molar-refractivity contribution in [2.75, 3.05) is 38.7 Å². The summed E-state index contributed by atoms with van der Waals surface area (Å²) in [7, 11) is 0. The lowest BCUT2D eigenvalue weighted by Crippen LogP contribution is -2.41. The van der Waals surface area contributed by atoms with Gasteiger partial charge in [0.2, 0.25) is 0 Å². The predicted octanol–water partition coefficient (Wildman–Crippen LogP) is 16.4. The lowest BCUT2D eigenvalue weighted by Gasteiger charge is -2.27. The van der Waals surface area contributed by atoms with Crippen LogP contribution >= 0.6 is 46.1 Å². The molecule has 6 aromatic carbocycles. The molecular formula is C72H87IN2O12S2. The molecule has 8 rings (SSSR count). The summed E-state index contributed by atoms with van der Waals surface area (Å²) >= 11 is 5.59. The molecule has 0 aliphatic carbocycles. The number of rotatable bonds is 21. The summed E-state index contributed by atoms with van der Waals surface area (Å²) in [5.41, 5.74) is 4.55. The second kappa shape index (κ2) is 32.8. The maximum absolute atomic E-state index is 13.8. The van der Waals surface area contributed by atoms with E-state index in [9.17, 15) is 33.9 Å². The number of aliphatic carboxylic acids is 1. The van der Waals surface area contributed by atoms with E-state index < -0.39 is 35.3 Å². The number of nitrogens with zero attached hydrogens (tertiary/aromatic N) is 2. The molecule has 0 bridgehead atoms. The molecule has 2 saturated heterocycles. The Bertz CT molecular complexity index is 3330. The number of ketones is 2. The molecule has 0 unspecified atom stereocenters. The summed E-state index contributed by atoms with van der Waals surface area (Å²) in [5.74, 6) is 0.0451. The number of likely N-dealkylation sites (tertiary alicyclic amines) is 2. The van der Waals surface area contributed by atoms with Gasteiger partial charge in [-0.15, -0.1) is 23.5 Å². The summed E-state index contributed by atoms with van der Waals surface area (Å²) in [5, 5.41) is 9.48. The molecule has 1 N–H and O–H groups in total. The smallest absolute Gasteiger partial charge is 0.415 e. The quantitative estimate of drug-likeness (QED) is 0.0237. The molecule has 0 aromatic heterocycles. The molecule has 2 heterocycles. The average molecular weight is 1360 g/mol. The number of para-hydroxylation sites is 2. The van der Waals surface area contributed by atoms with Gasteiger partial charge >= 0.3 is 24.1 Å². The number of carbonyl (C=O) groups is 6. The third-order valence-electron chi connectivity index (χ3n) is 15.4. The Morgan fingerprint density at radius 1 is 0.539 bits per heavy atom. The van der Waals surface area contributed by atoms with E-state index in [1.54, 1.807) is 71.4 Å². The number of ether oxygens (including phenoxy) is 5. The lowest BCUT2D eigenvalue weighted by molar-refractivity contribution is -0.163. The van der Waals surface area contributed by atoms with Crippen LogP contribution in [0, 0.1) is 51.4 Å². The van der Waals surface area contributed by atoms with Crippen LogP contribution in [0.1, 0.15) is 122 Å². The van der Waals surface area contributed by atoms with Gasteiger partial charge in [0.05, 0.1) is 6.10 Å². The molecule has 0 radical (unpaired) electrons. The van der Waals surface area contributed by atoms with Gasteiger partial charge in [-0.1, -0.05) is 121 Å². The maximum Gasteiger partial charge on any atom is 0.415 e. The minimum atomic E-state index is -1.35. The van der Waals surface area contributed by atoms with Crippen LogP contribution in [-0.4, -0.2) is 111 Å². The van der Waals surface area contributed by atoms with E-state index in [-0.39, 0.29) is 41.3 Å². The van der Waals surface area contributed by atoms with E-state index in [1.165, 1.54) is 13.8 Å². The van der Waals surface area contributed by atoms with Gasteiger partial charge in [0.1, 0.15) is 23.0 Å². The minimum absolute atomic E-state index is 0.0321. The third-order valence-corrected chi connectivity index (χ3v) is 16.9. The molecule has 476 valence electrons. The number of hydrogen-bond donors (Lipinski definition) is 1. The molecule has 14 nitrogen and oxygen atoms in total. The number of Topliss-reactive ketones (excluding diaryl/α,β-unsaturated/α-hetero) is 2. The van der Waals surface area contributed by atoms with Crippen molar-refractivity contribution >= 4 is 81.8 Å². The van der Waals surface area contributed by atoms with Crippen LogP contribution in [0.4, 0.5) is 9.59 Å². The van der Waals surface area contributed by atoms with Gasteiger partial charge in [0.15, 0.2) is 22.8 Å². The minimum Gasteiger partial charge on any atom is -0.478 e. The lowest BCUT2D eigenvalue weighted by atomic mass is 9.84.